The topological polar surface area (TPSA) is 115 Å². The smallest absolute Gasteiger partial charge is 0.410 e. The lowest BCUT2D eigenvalue weighted by atomic mass is 9.98. The van der Waals surface area contributed by atoms with Crippen LogP contribution in [0.2, 0.25) is 0 Å². The van der Waals surface area contributed by atoms with Crippen LogP contribution in [0, 0.1) is 6.92 Å². The average Bonchev–Trinajstić information content (AvgIpc) is 3.21. The number of hydrogen-bond acceptors (Lipinski definition) is 7. The normalized spacial score (nSPS) is 15.6. The van der Waals surface area contributed by atoms with Crippen LogP contribution in [-0.2, 0) is 11.3 Å². The van der Waals surface area contributed by atoms with Gasteiger partial charge in [-0.2, -0.15) is 0 Å². The molecule has 1 aromatic heterocycles. The Kier molecular flexibility index (Phi) is 7.79. The number of benzene rings is 1. The van der Waals surface area contributed by atoms with Gasteiger partial charge in [0.2, 0.25) is 0 Å². The minimum Gasteiger partial charge on any atom is -0.487 e. The Labute approximate surface area is 192 Å². The number of likely N-dealkylation sites (tertiary alicyclic amines) is 1. The van der Waals surface area contributed by atoms with Gasteiger partial charge in [0.25, 0.3) is 0 Å². The first-order valence-corrected chi connectivity index (χ1v) is 11.4. The number of aromatic nitrogens is 1. The van der Waals surface area contributed by atoms with Crippen molar-refractivity contribution < 1.29 is 14.3 Å². The van der Waals surface area contributed by atoms with Crippen molar-refractivity contribution in [2.75, 3.05) is 13.1 Å². The molecule has 0 bridgehead atoms. The number of carbonyl (C=O) groups is 1. The fourth-order valence-corrected chi connectivity index (χ4v) is 4.34. The van der Waals surface area contributed by atoms with Crippen LogP contribution in [-0.4, -0.2) is 41.0 Å². The largest absolute Gasteiger partial charge is 0.487 e. The maximum atomic E-state index is 12.2. The minimum absolute atomic E-state index is 0.236. The van der Waals surface area contributed by atoms with E-state index in [1.807, 2.05) is 51.3 Å². The number of ether oxygens (including phenoxy) is 2. The van der Waals surface area contributed by atoms with Gasteiger partial charge in [-0.25, -0.2) is 14.8 Å². The first-order chi connectivity index (χ1) is 15.2. The second kappa shape index (κ2) is 10.5. The Morgan fingerprint density at radius 1 is 1.34 bits per heavy atom. The van der Waals surface area contributed by atoms with Crippen molar-refractivity contribution in [3.05, 3.63) is 39.8 Å². The molecular formula is C22H30N6O3S. The lowest BCUT2D eigenvalue weighted by molar-refractivity contribution is 0.0204. The zero-order valence-electron chi connectivity index (χ0n) is 18.9. The zero-order chi connectivity index (χ0) is 23.1. The molecule has 0 unspecified atom stereocenters. The Morgan fingerprint density at radius 3 is 2.75 bits per heavy atom. The highest BCUT2D eigenvalue weighted by Gasteiger charge is 2.28. The second-order valence-electron chi connectivity index (χ2n) is 8.63. The van der Waals surface area contributed by atoms with Crippen molar-refractivity contribution in [3.63, 3.8) is 0 Å². The van der Waals surface area contributed by atoms with Crippen LogP contribution in [0.4, 0.5) is 10.5 Å². The van der Waals surface area contributed by atoms with Gasteiger partial charge in [-0.05, 0) is 64.3 Å². The molecule has 2 aromatic rings. The predicted octanol–water partition coefficient (Wildman–Crippen LogP) is 5.13. The summed E-state index contributed by atoms with van der Waals surface area (Å²) in [6.45, 7) is 9.39. The highest BCUT2D eigenvalue weighted by molar-refractivity contribution is 7.09. The maximum absolute atomic E-state index is 12.2. The van der Waals surface area contributed by atoms with Crippen LogP contribution >= 0.6 is 11.3 Å². The van der Waals surface area contributed by atoms with Gasteiger partial charge in [0.05, 0.1) is 16.4 Å². The van der Waals surface area contributed by atoms with Gasteiger partial charge in [0.15, 0.2) is 0 Å². The summed E-state index contributed by atoms with van der Waals surface area (Å²) >= 11 is 1.65. The van der Waals surface area contributed by atoms with Gasteiger partial charge in [-0.1, -0.05) is 5.22 Å². The number of aliphatic imine (C=N–C) groups is 1. The van der Waals surface area contributed by atoms with Crippen molar-refractivity contribution in [1.29, 1.82) is 0 Å². The van der Waals surface area contributed by atoms with E-state index in [-0.39, 0.29) is 6.09 Å². The molecule has 2 N–H and O–H groups in total. The molecule has 0 aliphatic carbocycles. The summed E-state index contributed by atoms with van der Waals surface area (Å²) in [7, 11) is 0. The van der Waals surface area contributed by atoms with E-state index in [0.29, 0.717) is 25.6 Å². The van der Waals surface area contributed by atoms with Crippen molar-refractivity contribution in [1.82, 2.24) is 9.88 Å². The summed E-state index contributed by atoms with van der Waals surface area (Å²) in [4.78, 5) is 23.0. The lowest BCUT2D eigenvalue weighted by Crippen LogP contribution is -2.41. The zero-order valence-corrected chi connectivity index (χ0v) is 19.8. The van der Waals surface area contributed by atoms with E-state index in [4.69, 9.17) is 20.3 Å². The number of nitrogens with zero attached hydrogens (tertiary/aromatic N) is 5. The third-order valence-electron chi connectivity index (χ3n) is 4.92. The molecule has 0 radical (unpaired) electrons. The van der Waals surface area contributed by atoms with Crippen LogP contribution in [0.25, 0.3) is 0 Å². The molecule has 32 heavy (non-hydrogen) atoms. The summed E-state index contributed by atoms with van der Waals surface area (Å²) < 4.78 is 11.4. The molecule has 1 aliphatic heterocycles. The average molecular weight is 459 g/mol. The van der Waals surface area contributed by atoms with Crippen LogP contribution in [0.3, 0.4) is 0 Å². The van der Waals surface area contributed by atoms with Crippen molar-refractivity contribution in [3.8, 4) is 5.75 Å². The highest BCUT2D eigenvalue weighted by Crippen LogP contribution is 2.31. The van der Waals surface area contributed by atoms with E-state index >= 15 is 0 Å². The molecule has 1 amide bonds. The van der Waals surface area contributed by atoms with Gasteiger partial charge in [0, 0.05) is 24.4 Å². The monoisotopic (exact) mass is 458 g/mol. The third kappa shape index (κ3) is 6.74. The first kappa shape index (κ1) is 23.6. The van der Waals surface area contributed by atoms with Gasteiger partial charge in [-0.3, -0.25) is 0 Å². The van der Waals surface area contributed by atoms with Crippen LogP contribution in [0.1, 0.15) is 55.8 Å². The second-order valence-corrected chi connectivity index (χ2v) is 9.52. The summed E-state index contributed by atoms with van der Waals surface area (Å²) in [6, 6.07) is 5.62. The van der Waals surface area contributed by atoms with E-state index < -0.39 is 5.60 Å². The molecule has 172 valence electrons. The molecule has 0 atom stereocenters. The van der Waals surface area contributed by atoms with Crippen molar-refractivity contribution >= 4 is 29.5 Å². The molecule has 1 aromatic carbocycles. The Balaban J connectivity index is 1.51. The van der Waals surface area contributed by atoms with Crippen molar-refractivity contribution in [2.24, 2.45) is 21.2 Å². The molecule has 9 nitrogen and oxygen atoms in total. The Bertz CT molecular complexity index is 974. The summed E-state index contributed by atoms with van der Waals surface area (Å²) in [5.74, 6) is 6.09. The van der Waals surface area contributed by atoms with Crippen LogP contribution in [0.5, 0.6) is 5.75 Å². The number of piperidine rings is 1. The van der Waals surface area contributed by atoms with E-state index in [9.17, 15) is 4.79 Å². The molecule has 0 spiro atoms. The first-order valence-electron chi connectivity index (χ1n) is 10.5. The summed E-state index contributed by atoms with van der Waals surface area (Å²) in [5.41, 5.74) is 2.15. The van der Waals surface area contributed by atoms with Gasteiger partial charge >= 0.3 is 6.09 Å². The predicted molar refractivity (Wildman–Crippen MR) is 125 cm³/mol. The minimum atomic E-state index is -0.472. The standard InChI is InChI=1S/C22H30N6O3S/c1-15-11-17(24-14-25-27-23)5-6-19(15)30-12-18-13-32-20(26-18)16-7-9-28(10-8-16)21(29)31-22(2,3)4/h5-6,11,13-14,16H,7-10,12H2,1-4H3,(H2,23,24,25). The number of nitrogens with two attached hydrogens (primary N) is 1. The molecule has 0 saturated carbocycles. The molecule has 1 saturated heterocycles. The third-order valence-corrected chi connectivity index (χ3v) is 5.98. The number of thiazole rings is 1. The van der Waals surface area contributed by atoms with Gasteiger partial charge < -0.3 is 20.2 Å². The fraction of sp³-hybridized carbons (Fsp3) is 0.500. The number of hydrogen-bond donors (Lipinski definition) is 1. The number of aryl methyl sites for hydroxylation is 1. The Hall–Kier alpha value is -3.01. The summed E-state index contributed by atoms with van der Waals surface area (Å²) in [5, 5.41) is 9.79. The van der Waals surface area contributed by atoms with Crippen LogP contribution < -0.4 is 10.6 Å². The molecule has 1 fully saturated rings. The van der Waals surface area contributed by atoms with Crippen LogP contribution in [0.15, 0.2) is 38.9 Å². The highest BCUT2D eigenvalue weighted by atomic mass is 32.1. The quantitative estimate of drug-likeness (QED) is 0.212. The molecular weight excluding hydrogens is 428 g/mol. The molecule has 1 aliphatic rings. The maximum Gasteiger partial charge on any atom is 0.410 e. The van der Waals surface area contributed by atoms with E-state index in [0.717, 1.165) is 40.5 Å². The Morgan fingerprint density at radius 2 is 2.09 bits per heavy atom. The number of amides is 1. The number of rotatable bonds is 6. The summed E-state index contributed by atoms with van der Waals surface area (Å²) in [6.07, 6.45) is 2.83. The lowest BCUT2D eigenvalue weighted by Gasteiger charge is -2.32. The van der Waals surface area contributed by atoms with Gasteiger partial charge in [-0.15, -0.1) is 16.5 Å². The molecule has 2 heterocycles. The van der Waals surface area contributed by atoms with Gasteiger partial charge in [0.1, 0.15) is 24.3 Å². The fourth-order valence-electron chi connectivity index (χ4n) is 3.36. The number of carbonyl (C=O) groups excluding carboxylic acids is 1. The molecule has 10 heteroatoms. The van der Waals surface area contributed by atoms with E-state index in [1.165, 1.54) is 6.34 Å². The van der Waals surface area contributed by atoms with Crippen molar-refractivity contribution in [2.45, 2.75) is 58.7 Å². The van der Waals surface area contributed by atoms with E-state index in [1.54, 1.807) is 16.2 Å². The van der Waals surface area contributed by atoms with E-state index in [2.05, 4.69) is 15.3 Å². The SMILES string of the molecule is Cc1cc(N=CN=NN)ccc1OCc1csc(C2CCN(C(=O)OC(C)(C)C)CC2)n1. The molecule has 3 rings (SSSR count).